The summed E-state index contributed by atoms with van der Waals surface area (Å²) in [7, 11) is 1.62. The maximum Gasteiger partial charge on any atom is 0.229 e. The Hall–Kier alpha value is -1.99. The van der Waals surface area contributed by atoms with Crippen LogP contribution in [0, 0.1) is 0 Å². The molecule has 0 fully saturated rings. The Morgan fingerprint density at radius 3 is 2.90 bits per heavy atom. The maximum absolute atomic E-state index is 12.4. The van der Waals surface area contributed by atoms with Gasteiger partial charge in [-0.3, -0.25) is 9.78 Å². The van der Waals surface area contributed by atoms with Crippen molar-refractivity contribution in [3.8, 4) is 0 Å². The second kappa shape index (κ2) is 7.70. The van der Waals surface area contributed by atoms with E-state index in [0.29, 0.717) is 30.5 Å². The second-order valence-electron chi connectivity index (χ2n) is 4.48. The standard InChI is InChI=1S/C14H18N4O2S/c1-20-7-6-18(9-11-4-2-3-5-16-11)13(19)8-12-10-21-14(15)17-12/h2-5,10H,6-9H2,1H3,(H2,15,17). The number of anilines is 1. The molecule has 2 heterocycles. The van der Waals surface area contributed by atoms with Crippen molar-refractivity contribution in [2.75, 3.05) is 26.0 Å². The predicted molar refractivity (Wildman–Crippen MR) is 81.8 cm³/mol. The molecular weight excluding hydrogens is 288 g/mol. The van der Waals surface area contributed by atoms with Crippen molar-refractivity contribution in [3.05, 3.63) is 41.2 Å². The average molecular weight is 306 g/mol. The summed E-state index contributed by atoms with van der Waals surface area (Å²) >= 11 is 1.34. The number of thiazole rings is 1. The molecule has 7 heteroatoms. The van der Waals surface area contributed by atoms with E-state index in [0.717, 1.165) is 5.69 Å². The minimum atomic E-state index is -0.0111. The summed E-state index contributed by atoms with van der Waals surface area (Å²) in [6.45, 7) is 1.46. The summed E-state index contributed by atoms with van der Waals surface area (Å²) in [5.41, 5.74) is 7.13. The van der Waals surface area contributed by atoms with Gasteiger partial charge in [-0.2, -0.15) is 0 Å². The number of pyridine rings is 1. The Balaban J connectivity index is 2.02. The van der Waals surface area contributed by atoms with Crippen molar-refractivity contribution in [1.82, 2.24) is 14.9 Å². The first kappa shape index (κ1) is 15.4. The summed E-state index contributed by atoms with van der Waals surface area (Å²) in [5, 5.41) is 2.29. The molecule has 0 aliphatic rings. The van der Waals surface area contributed by atoms with Crippen LogP contribution in [0.2, 0.25) is 0 Å². The van der Waals surface area contributed by atoms with Crippen LogP contribution >= 0.6 is 11.3 Å². The normalized spacial score (nSPS) is 10.5. The Labute approximate surface area is 127 Å². The number of amides is 1. The van der Waals surface area contributed by atoms with Crippen LogP contribution in [0.5, 0.6) is 0 Å². The van der Waals surface area contributed by atoms with Crippen molar-refractivity contribution < 1.29 is 9.53 Å². The van der Waals surface area contributed by atoms with Gasteiger partial charge in [0.15, 0.2) is 5.13 Å². The number of aromatic nitrogens is 2. The Kier molecular flexibility index (Phi) is 5.65. The number of nitrogens with zero attached hydrogens (tertiary/aromatic N) is 3. The molecule has 6 nitrogen and oxygen atoms in total. The van der Waals surface area contributed by atoms with Gasteiger partial charge in [0, 0.05) is 25.2 Å². The molecule has 112 valence electrons. The minimum absolute atomic E-state index is 0.0111. The molecule has 0 bridgehead atoms. The van der Waals surface area contributed by atoms with Crippen LogP contribution in [0.3, 0.4) is 0 Å². The number of carbonyl (C=O) groups excluding carboxylic acids is 1. The third-order valence-electron chi connectivity index (χ3n) is 2.90. The number of ether oxygens (including phenoxy) is 1. The number of hydrogen-bond donors (Lipinski definition) is 1. The van der Waals surface area contributed by atoms with Gasteiger partial charge in [-0.15, -0.1) is 11.3 Å². The summed E-state index contributed by atoms with van der Waals surface area (Å²) in [5.74, 6) is -0.0111. The van der Waals surface area contributed by atoms with Crippen LogP contribution in [-0.2, 0) is 22.5 Å². The molecule has 0 spiro atoms. The third-order valence-corrected chi connectivity index (χ3v) is 3.62. The molecule has 0 aliphatic carbocycles. The van der Waals surface area contributed by atoms with Crippen LogP contribution in [0.4, 0.5) is 5.13 Å². The number of carbonyl (C=O) groups is 1. The minimum Gasteiger partial charge on any atom is -0.383 e. The first-order valence-corrected chi connectivity index (χ1v) is 7.43. The zero-order valence-electron chi connectivity index (χ0n) is 11.9. The molecule has 0 radical (unpaired) electrons. The molecule has 0 aliphatic heterocycles. The lowest BCUT2D eigenvalue weighted by Crippen LogP contribution is -2.34. The van der Waals surface area contributed by atoms with Gasteiger partial charge in [-0.05, 0) is 12.1 Å². The topological polar surface area (TPSA) is 81.3 Å². The molecular formula is C14H18N4O2S. The fraction of sp³-hybridized carbons (Fsp3) is 0.357. The number of methoxy groups -OCH3 is 1. The largest absolute Gasteiger partial charge is 0.383 e. The highest BCUT2D eigenvalue weighted by atomic mass is 32.1. The van der Waals surface area contributed by atoms with E-state index in [4.69, 9.17) is 10.5 Å². The van der Waals surface area contributed by atoms with E-state index < -0.39 is 0 Å². The monoisotopic (exact) mass is 306 g/mol. The van der Waals surface area contributed by atoms with E-state index in [2.05, 4.69) is 9.97 Å². The fourth-order valence-corrected chi connectivity index (χ4v) is 2.41. The molecule has 2 rings (SSSR count). The smallest absolute Gasteiger partial charge is 0.229 e. The van der Waals surface area contributed by atoms with Crippen LogP contribution in [0.15, 0.2) is 29.8 Å². The van der Waals surface area contributed by atoms with Gasteiger partial charge >= 0.3 is 0 Å². The SMILES string of the molecule is COCCN(Cc1ccccn1)C(=O)Cc1csc(N)n1. The fourth-order valence-electron chi connectivity index (χ4n) is 1.85. The van der Waals surface area contributed by atoms with Gasteiger partial charge in [0.25, 0.3) is 0 Å². The van der Waals surface area contributed by atoms with E-state index in [1.54, 1.807) is 18.2 Å². The molecule has 2 aromatic rings. The van der Waals surface area contributed by atoms with E-state index in [1.807, 2.05) is 23.6 Å². The summed E-state index contributed by atoms with van der Waals surface area (Å²) < 4.78 is 5.07. The van der Waals surface area contributed by atoms with Crippen LogP contribution in [-0.4, -0.2) is 41.0 Å². The highest BCUT2D eigenvalue weighted by Crippen LogP contribution is 2.13. The van der Waals surface area contributed by atoms with Gasteiger partial charge in [-0.25, -0.2) is 4.98 Å². The summed E-state index contributed by atoms with van der Waals surface area (Å²) in [6.07, 6.45) is 1.96. The Bertz CT molecular complexity index is 573. The van der Waals surface area contributed by atoms with Gasteiger partial charge in [-0.1, -0.05) is 6.07 Å². The lowest BCUT2D eigenvalue weighted by Gasteiger charge is -2.21. The maximum atomic E-state index is 12.4. The van der Waals surface area contributed by atoms with Crippen molar-refractivity contribution in [3.63, 3.8) is 0 Å². The lowest BCUT2D eigenvalue weighted by atomic mass is 10.2. The molecule has 0 atom stereocenters. The molecule has 0 saturated carbocycles. The third kappa shape index (κ3) is 4.80. The zero-order valence-corrected chi connectivity index (χ0v) is 12.7. The first-order valence-electron chi connectivity index (χ1n) is 6.55. The number of nitrogen functional groups attached to an aromatic ring is 1. The first-order chi connectivity index (χ1) is 10.2. The van der Waals surface area contributed by atoms with Gasteiger partial charge < -0.3 is 15.4 Å². The summed E-state index contributed by atoms with van der Waals surface area (Å²) in [6, 6.07) is 5.65. The molecule has 0 aromatic carbocycles. The van der Waals surface area contributed by atoms with Gasteiger partial charge in [0.1, 0.15) is 0 Å². The molecule has 2 aromatic heterocycles. The Morgan fingerprint density at radius 2 is 2.29 bits per heavy atom. The highest BCUT2D eigenvalue weighted by molar-refractivity contribution is 7.13. The van der Waals surface area contributed by atoms with Crippen molar-refractivity contribution >= 4 is 22.4 Å². The second-order valence-corrected chi connectivity index (χ2v) is 5.37. The number of hydrogen-bond acceptors (Lipinski definition) is 6. The van der Waals surface area contributed by atoms with Crippen LogP contribution < -0.4 is 5.73 Å². The van der Waals surface area contributed by atoms with Crippen molar-refractivity contribution in [2.24, 2.45) is 0 Å². The van der Waals surface area contributed by atoms with Crippen molar-refractivity contribution in [1.29, 1.82) is 0 Å². The zero-order chi connectivity index (χ0) is 15.1. The van der Waals surface area contributed by atoms with Crippen LogP contribution in [0.1, 0.15) is 11.4 Å². The Morgan fingerprint density at radius 1 is 1.43 bits per heavy atom. The summed E-state index contributed by atoms with van der Waals surface area (Å²) in [4.78, 5) is 22.5. The molecule has 21 heavy (non-hydrogen) atoms. The highest BCUT2D eigenvalue weighted by Gasteiger charge is 2.16. The lowest BCUT2D eigenvalue weighted by molar-refractivity contribution is -0.131. The van der Waals surface area contributed by atoms with Gasteiger partial charge in [0.2, 0.25) is 5.91 Å². The van der Waals surface area contributed by atoms with E-state index in [-0.39, 0.29) is 12.3 Å². The molecule has 0 unspecified atom stereocenters. The molecule has 2 N–H and O–H groups in total. The number of nitrogens with two attached hydrogens (primary N) is 1. The predicted octanol–water partition coefficient (Wildman–Crippen LogP) is 1.34. The van der Waals surface area contributed by atoms with E-state index in [1.165, 1.54) is 11.3 Å². The van der Waals surface area contributed by atoms with E-state index in [9.17, 15) is 4.79 Å². The van der Waals surface area contributed by atoms with Gasteiger partial charge in [0.05, 0.1) is 31.0 Å². The molecule has 0 saturated heterocycles. The van der Waals surface area contributed by atoms with E-state index >= 15 is 0 Å². The molecule has 1 amide bonds. The number of rotatable bonds is 7. The van der Waals surface area contributed by atoms with Crippen molar-refractivity contribution in [2.45, 2.75) is 13.0 Å². The average Bonchev–Trinajstić information content (AvgIpc) is 2.89. The quantitative estimate of drug-likeness (QED) is 0.835. The van der Waals surface area contributed by atoms with Crippen LogP contribution in [0.25, 0.3) is 0 Å².